The first-order valence-corrected chi connectivity index (χ1v) is 16.2. The summed E-state index contributed by atoms with van der Waals surface area (Å²) >= 11 is 1.76. The number of aromatic nitrogens is 5. The van der Waals surface area contributed by atoms with E-state index in [4.69, 9.17) is 15.0 Å². The van der Waals surface area contributed by atoms with E-state index in [-0.39, 0.29) is 0 Å². The molecular formula is C41H25N5S. The van der Waals surface area contributed by atoms with Crippen molar-refractivity contribution in [1.82, 2.24) is 25.1 Å². The monoisotopic (exact) mass is 619 g/mol. The Balaban J connectivity index is 1.14. The summed E-state index contributed by atoms with van der Waals surface area (Å²) in [6, 6.07) is 51.8. The van der Waals surface area contributed by atoms with Crippen molar-refractivity contribution in [2.24, 2.45) is 0 Å². The minimum absolute atomic E-state index is 0.652. The zero-order valence-corrected chi connectivity index (χ0v) is 25.9. The van der Waals surface area contributed by atoms with Crippen molar-refractivity contribution in [3.63, 3.8) is 0 Å². The standard InChI is InChI=1S/C41H25N5S/c1-3-12-27(13-4-1)39-42-40(28-14-5-2-6-15-28)44-41(43-39)33-19-10-20-36-38(33)32-22-21-29(25-37(32)47-36)34-23-24-35(46-45-34)31-18-9-16-26-11-7-8-17-30(26)31/h1-25H. The summed E-state index contributed by atoms with van der Waals surface area (Å²) in [5.41, 5.74) is 6.70. The number of thiophene rings is 1. The van der Waals surface area contributed by atoms with Crippen LogP contribution in [0.3, 0.4) is 0 Å². The molecule has 0 aliphatic carbocycles. The molecule has 0 aliphatic rings. The molecule has 220 valence electrons. The molecule has 0 amide bonds. The molecule has 0 saturated heterocycles. The maximum atomic E-state index is 5.02. The number of hydrogen-bond acceptors (Lipinski definition) is 6. The van der Waals surface area contributed by atoms with Crippen LogP contribution in [0.5, 0.6) is 0 Å². The van der Waals surface area contributed by atoms with Crippen LogP contribution >= 0.6 is 11.3 Å². The predicted molar refractivity (Wildman–Crippen MR) is 193 cm³/mol. The Bertz CT molecular complexity index is 2500. The third-order valence-electron chi connectivity index (χ3n) is 8.46. The average molecular weight is 620 g/mol. The third-order valence-corrected chi connectivity index (χ3v) is 9.58. The molecule has 0 bridgehead atoms. The van der Waals surface area contributed by atoms with Gasteiger partial charge < -0.3 is 0 Å². The van der Waals surface area contributed by atoms with Crippen LogP contribution in [0, 0.1) is 0 Å². The van der Waals surface area contributed by atoms with Gasteiger partial charge in [0, 0.05) is 48.0 Å². The minimum atomic E-state index is 0.652. The molecule has 0 saturated carbocycles. The van der Waals surface area contributed by atoms with E-state index in [2.05, 4.69) is 101 Å². The molecule has 3 aromatic heterocycles. The van der Waals surface area contributed by atoms with E-state index in [1.54, 1.807) is 11.3 Å². The van der Waals surface area contributed by atoms with Gasteiger partial charge in [0.25, 0.3) is 0 Å². The first-order valence-electron chi connectivity index (χ1n) is 15.4. The second-order valence-corrected chi connectivity index (χ2v) is 12.4. The first-order chi connectivity index (χ1) is 23.3. The maximum absolute atomic E-state index is 5.02. The highest BCUT2D eigenvalue weighted by molar-refractivity contribution is 7.26. The van der Waals surface area contributed by atoms with Gasteiger partial charge >= 0.3 is 0 Å². The largest absolute Gasteiger partial charge is 0.208 e. The fourth-order valence-electron chi connectivity index (χ4n) is 6.18. The fraction of sp³-hybridized carbons (Fsp3) is 0. The Kier molecular flexibility index (Phi) is 6.58. The smallest absolute Gasteiger partial charge is 0.164 e. The molecule has 5 nitrogen and oxygen atoms in total. The van der Waals surface area contributed by atoms with Crippen LogP contribution in [0.1, 0.15) is 0 Å². The van der Waals surface area contributed by atoms with Crippen molar-refractivity contribution < 1.29 is 0 Å². The molecule has 0 N–H and O–H groups in total. The first kappa shape index (κ1) is 27.2. The van der Waals surface area contributed by atoms with E-state index in [9.17, 15) is 0 Å². The maximum Gasteiger partial charge on any atom is 0.164 e. The normalized spacial score (nSPS) is 11.4. The van der Waals surface area contributed by atoms with Gasteiger partial charge in [0.15, 0.2) is 17.5 Å². The van der Waals surface area contributed by atoms with Crippen molar-refractivity contribution in [2.45, 2.75) is 0 Å². The molecule has 0 fully saturated rings. The Hall–Kier alpha value is -6.11. The number of fused-ring (bicyclic) bond motifs is 4. The minimum Gasteiger partial charge on any atom is -0.208 e. The van der Waals surface area contributed by atoms with Gasteiger partial charge in [-0.2, -0.15) is 0 Å². The Morgan fingerprint density at radius 2 is 1.00 bits per heavy atom. The number of nitrogens with zero attached hydrogens (tertiary/aromatic N) is 5. The second kappa shape index (κ2) is 11.4. The SMILES string of the molecule is c1ccc(-c2nc(-c3ccccc3)nc(-c3cccc4sc5cc(-c6ccc(-c7cccc8ccccc78)nn6)ccc5c34)n2)cc1. The zero-order valence-electron chi connectivity index (χ0n) is 25.1. The fourth-order valence-corrected chi connectivity index (χ4v) is 7.35. The van der Waals surface area contributed by atoms with E-state index in [1.165, 1.54) is 20.2 Å². The molecule has 9 aromatic rings. The number of hydrogen-bond donors (Lipinski definition) is 0. The Morgan fingerprint density at radius 3 is 1.74 bits per heavy atom. The summed E-state index contributed by atoms with van der Waals surface area (Å²) in [6.07, 6.45) is 0. The summed E-state index contributed by atoms with van der Waals surface area (Å²) in [5.74, 6) is 1.96. The van der Waals surface area contributed by atoms with Crippen LogP contribution < -0.4 is 0 Å². The van der Waals surface area contributed by atoms with Gasteiger partial charge in [0.05, 0.1) is 11.4 Å². The van der Waals surface area contributed by atoms with Crippen LogP contribution in [0.2, 0.25) is 0 Å². The average Bonchev–Trinajstić information content (AvgIpc) is 3.53. The molecule has 6 aromatic carbocycles. The van der Waals surface area contributed by atoms with Crippen LogP contribution in [-0.2, 0) is 0 Å². The summed E-state index contributed by atoms with van der Waals surface area (Å²) < 4.78 is 2.35. The highest BCUT2D eigenvalue weighted by atomic mass is 32.1. The third kappa shape index (κ3) is 4.92. The lowest BCUT2D eigenvalue weighted by molar-refractivity contribution is 1.05. The summed E-state index contributed by atoms with van der Waals surface area (Å²) in [7, 11) is 0. The van der Waals surface area contributed by atoms with E-state index < -0.39 is 0 Å². The van der Waals surface area contributed by atoms with Gasteiger partial charge in [0.1, 0.15) is 0 Å². The van der Waals surface area contributed by atoms with Crippen LogP contribution in [0.4, 0.5) is 0 Å². The molecule has 9 rings (SSSR count). The summed E-state index contributed by atoms with van der Waals surface area (Å²) in [5, 5.41) is 14.0. The van der Waals surface area contributed by atoms with Crippen LogP contribution in [0.25, 0.3) is 87.6 Å². The Labute approximate surface area is 274 Å². The molecule has 0 unspecified atom stereocenters. The topological polar surface area (TPSA) is 64.5 Å². The lowest BCUT2D eigenvalue weighted by Gasteiger charge is -2.09. The van der Waals surface area contributed by atoms with Gasteiger partial charge in [0.2, 0.25) is 0 Å². The van der Waals surface area contributed by atoms with Gasteiger partial charge in [-0.1, -0.05) is 127 Å². The molecular weight excluding hydrogens is 595 g/mol. The highest BCUT2D eigenvalue weighted by Gasteiger charge is 2.17. The Morgan fingerprint density at radius 1 is 0.383 bits per heavy atom. The van der Waals surface area contributed by atoms with Gasteiger partial charge in [-0.25, -0.2) is 15.0 Å². The van der Waals surface area contributed by atoms with E-state index in [0.717, 1.165) is 50.0 Å². The molecule has 3 heterocycles. The van der Waals surface area contributed by atoms with Gasteiger partial charge in [-0.05, 0) is 35.0 Å². The van der Waals surface area contributed by atoms with Crippen LogP contribution in [-0.4, -0.2) is 25.1 Å². The molecule has 0 spiro atoms. The van der Waals surface area contributed by atoms with Crippen LogP contribution in [0.15, 0.2) is 152 Å². The zero-order chi connectivity index (χ0) is 31.2. The molecule has 0 aliphatic heterocycles. The second-order valence-electron chi connectivity index (χ2n) is 11.4. The molecule has 0 atom stereocenters. The predicted octanol–water partition coefficient (Wildman–Crippen LogP) is 10.5. The molecule has 47 heavy (non-hydrogen) atoms. The van der Waals surface area contributed by atoms with Crippen molar-refractivity contribution in [3.05, 3.63) is 152 Å². The number of benzene rings is 6. The highest BCUT2D eigenvalue weighted by Crippen LogP contribution is 2.41. The van der Waals surface area contributed by atoms with E-state index in [0.29, 0.717) is 17.5 Å². The lowest BCUT2D eigenvalue weighted by atomic mass is 10.0. The van der Waals surface area contributed by atoms with E-state index in [1.807, 2.05) is 60.7 Å². The van der Waals surface area contributed by atoms with E-state index >= 15 is 0 Å². The van der Waals surface area contributed by atoms with Crippen molar-refractivity contribution in [1.29, 1.82) is 0 Å². The van der Waals surface area contributed by atoms with Crippen molar-refractivity contribution in [2.75, 3.05) is 0 Å². The number of rotatable bonds is 5. The quantitative estimate of drug-likeness (QED) is 0.192. The lowest BCUT2D eigenvalue weighted by Crippen LogP contribution is -2.00. The molecule has 6 heteroatoms. The van der Waals surface area contributed by atoms with Crippen molar-refractivity contribution in [3.8, 4) is 56.7 Å². The van der Waals surface area contributed by atoms with Gasteiger partial charge in [-0.15, -0.1) is 21.5 Å². The summed E-state index contributed by atoms with van der Waals surface area (Å²) in [6.45, 7) is 0. The summed E-state index contributed by atoms with van der Waals surface area (Å²) in [4.78, 5) is 14.9. The van der Waals surface area contributed by atoms with Gasteiger partial charge in [-0.3, -0.25) is 0 Å². The van der Waals surface area contributed by atoms with Crippen molar-refractivity contribution >= 4 is 42.3 Å². The molecule has 0 radical (unpaired) electrons.